The molecule has 0 saturated heterocycles. The zero-order valence-electron chi connectivity index (χ0n) is 23.0. The minimum atomic E-state index is -1.14. The fourth-order valence-electron chi connectivity index (χ4n) is 4.33. The molecule has 1 heterocycles. The fourth-order valence-corrected chi connectivity index (χ4v) is 4.33. The molecule has 4 rings (SSSR count). The third-order valence-electron chi connectivity index (χ3n) is 6.16. The van der Waals surface area contributed by atoms with Gasteiger partial charge in [-0.2, -0.15) is 0 Å². The van der Waals surface area contributed by atoms with Crippen molar-refractivity contribution in [3.05, 3.63) is 89.5 Å². The maximum atomic E-state index is 14.1. The van der Waals surface area contributed by atoms with E-state index in [1.54, 1.807) is 48.5 Å². The van der Waals surface area contributed by atoms with E-state index in [9.17, 15) is 19.2 Å². The molecule has 1 aromatic heterocycles. The van der Waals surface area contributed by atoms with E-state index in [0.29, 0.717) is 33.4 Å². The lowest BCUT2D eigenvalue weighted by atomic mass is 9.99. The number of carbonyl (C=O) groups is 4. The first-order chi connectivity index (χ1) is 19.0. The van der Waals surface area contributed by atoms with Crippen molar-refractivity contribution in [3.8, 4) is 0 Å². The summed E-state index contributed by atoms with van der Waals surface area (Å²) < 4.78 is 6.27. The predicted octanol–water partition coefficient (Wildman–Crippen LogP) is 4.11. The van der Waals surface area contributed by atoms with Gasteiger partial charge in [0, 0.05) is 16.8 Å². The van der Waals surface area contributed by atoms with E-state index in [-0.39, 0.29) is 12.3 Å². The number of anilines is 1. The Morgan fingerprint density at radius 1 is 0.950 bits per heavy atom. The molecule has 10 nitrogen and oxygen atoms in total. The first kappa shape index (κ1) is 28.2. The molecule has 1 atom stereocenters. The van der Waals surface area contributed by atoms with Crippen LogP contribution in [0.3, 0.4) is 0 Å². The molecule has 40 heavy (non-hydrogen) atoms. The number of nitrogens with zero attached hydrogens (tertiary/aromatic N) is 4. The van der Waals surface area contributed by atoms with Crippen LogP contribution < -0.4 is 10.2 Å². The van der Waals surface area contributed by atoms with Crippen molar-refractivity contribution in [2.45, 2.75) is 45.8 Å². The Hall–Kier alpha value is -4.86. The van der Waals surface area contributed by atoms with Gasteiger partial charge in [-0.15, -0.1) is 5.10 Å². The minimum absolute atomic E-state index is 0.186. The van der Waals surface area contributed by atoms with Gasteiger partial charge in [0.05, 0.1) is 18.2 Å². The highest BCUT2D eigenvalue weighted by molar-refractivity contribution is 6.03. The molecule has 0 aliphatic carbocycles. The molecule has 4 aromatic rings. The van der Waals surface area contributed by atoms with Gasteiger partial charge in [-0.25, -0.2) is 9.48 Å². The number of ether oxygens (including phenoxy) is 1. The molecular formula is C30H31N5O5. The molecule has 1 unspecified atom stereocenters. The number of esters is 1. The van der Waals surface area contributed by atoms with Gasteiger partial charge in [0.2, 0.25) is 11.8 Å². The van der Waals surface area contributed by atoms with Crippen molar-refractivity contribution in [3.63, 3.8) is 0 Å². The van der Waals surface area contributed by atoms with Crippen LogP contribution in [0.5, 0.6) is 0 Å². The Morgan fingerprint density at radius 2 is 1.65 bits per heavy atom. The Labute approximate surface area is 231 Å². The van der Waals surface area contributed by atoms with Crippen molar-refractivity contribution in [1.82, 2.24) is 20.3 Å². The number of hydrogen-bond donors (Lipinski definition) is 1. The lowest BCUT2D eigenvalue weighted by Crippen LogP contribution is -2.50. The summed E-state index contributed by atoms with van der Waals surface area (Å²) in [5, 5.41) is 11.3. The van der Waals surface area contributed by atoms with Gasteiger partial charge in [-0.1, -0.05) is 41.6 Å². The number of ketones is 1. The third-order valence-corrected chi connectivity index (χ3v) is 6.16. The van der Waals surface area contributed by atoms with Gasteiger partial charge in [-0.05, 0) is 69.7 Å². The van der Waals surface area contributed by atoms with Crippen LogP contribution in [0.1, 0.15) is 60.0 Å². The molecule has 0 aliphatic heterocycles. The van der Waals surface area contributed by atoms with E-state index in [1.807, 2.05) is 32.9 Å². The number of benzene rings is 3. The normalized spacial score (nSPS) is 12.0. The third kappa shape index (κ3) is 6.23. The van der Waals surface area contributed by atoms with Crippen molar-refractivity contribution in [1.29, 1.82) is 0 Å². The summed E-state index contributed by atoms with van der Waals surface area (Å²) in [5.74, 6) is -1.61. The fraction of sp³-hybridized carbons (Fsp3) is 0.267. The summed E-state index contributed by atoms with van der Waals surface area (Å²) in [4.78, 5) is 53.7. The lowest BCUT2D eigenvalue weighted by Gasteiger charge is -2.34. The molecule has 0 spiro atoms. The Balaban J connectivity index is 1.86. The summed E-state index contributed by atoms with van der Waals surface area (Å²) in [5.41, 5.74) is 2.17. The molecular weight excluding hydrogens is 510 g/mol. The highest BCUT2D eigenvalue weighted by Gasteiger charge is 2.35. The number of Topliss-reactive ketones (excluding diaryl/α,β-unsaturated/α-hetero) is 1. The second-order valence-electron chi connectivity index (χ2n) is 10.4. The van der Waals surface area contributed by atoms with E-state index in [0.717, 1.165) is 0 Å². The average Bonchev–Trinajstić information content (AvgIpc) is 3.32. The molecule has 206 valence electrons. The van der Waals surface area contributed by atoms with Crippen LogP contribution in [0.15, 0.2) is 72.8 Å². The van der Waals surface area contributed by atoms with E-state index in [1.165, 1.54) is 35.7 Å². The Kier molecular flexibility index (Phi) is 8.08. The number of fused-ring (bicyclic) bond motifs is 1. The van der Waals surface area contributed by atoms with E-state index >= 15 is 0 Å². The van der Waals surface area contributed by atoms with Crippen molar-refractivity contribution in [2.24, 2.45) is 0 Å². The van der Waals surface area contributed by atoms with Crippen LogP contribution in [-0.2, 0) is 20.9 Å². The maximum Gasteiger partial charge on any atom is 0.337 e. The number of methoxy groups -OCH3 is 1. The van der Waals surface area contributed by atoms with Gasteiger partial charge < -0.3 is 10.1 Å². The summed E-state index contributed by atoms with van der Waals surface area (Å²) in [6, 6.07) is 19.0. The minimum Gasteiger partial charge on any atom is -0.465 e. The second-order valence-corrected chi connectivity index (χ2v) is 10.4. The molecule has 0 aliphatic rings. The average molecular weight is 542 g/mol. The highest BCUT2D eigenvalue weighted by atomic mass is 16.5. The zero-order valence-corrected chi connectivity index (χ0v) is 23.0. The monoisotopic (exact) mass is 541 g/mol. The van der Waals surface area contributed by atoms with Crippen LogP contribution in [0, 0.1) is 0 Å². The SMILES string of the molecule is COC(=O)c1ccc(C(C(=O)NC(C)(C)C)N(C(=O)Cn2nnc3ccccc32)c2cccc(C(C)=O)c2)cc1. The van der Waals surface area contributed by atoms with Crippen LogP contribution in [-0.4, -0.2) is 51.2 Å². The summed E-state index contributed by atoms with van der Waals surface area (Å²) >= 11 is 0. The standard InChI is InChI=1S/C30H31N5O5/c1-19(36)22-9-8-10-23(17-22)35(26(37)18-34-25-12-7-6-11-24(25)32-33-34)27(28(38)31-30(2,3)4)20-13-15-21(16-14-20)29(39)40-5/h6-17,27H,18H2,1-5H3,(H,31,38). The van der Waals surface area contributed by atoms with Crippen molar-refractivity contribution >= 4 is 40.3 Å². The highest BCUT2D eigenvalue weighted by Crippen LogP contribution is 2.30. The number of nitrogens with one attached hydrogen (secondary N) is 1. The van der Waals surface area contributed by atoms with Gasteiger partial charge in [0.1, 0.15) is 18.1 Å². The number of para-hydroxylation sites is 1. The smallest absolute Gasteiger partial charge is 0.337 e. The van der Waals surface area contributed by atoms with Gasteiger partial charge >= 0.3 is 5.97 Å². The molecule has 0 saturated carbocycles. The van der Waals surface area contributed by atoms with E-state index in [2.05, 4.69) is 15.6 Å². The van der Waals surface area contributed by atoms with Crippen molar-refractivity contribution in [2.75, 3.05) is 12.0 Å². The summed E-state index contributed by atoms with van der Waals surface area (Å²) in [7, 11) is 1.28. The van der Waals surface area contributed by atoms with Gasteiger partial charge in [0.15, 0.2) is 5.78 Å². The Bertz CT molecular complexity index is 1570. The first-order valence-electron chi connectivity index (χ1n) is 12.7. The largest absolute Gasteiger partial charge is 0.465 e. The molecule has 2 amide bonds. The zero-order chi connectivity index (χ0) is 29.0. The van der Waals surface area contributed by atoms with Crippen LogP contribution in [0.4, 0.5) is 5.69 Å². The first-order valence-corrected chi connectivity index (χ1v) is 12.7. The predicted molar refractivity (Wildman–Crippen MR) is 150 cm³/mol. The molecule has 0 radical (unpaired) electrons. The Morgan fingerprint density at radius 3 is 2.30 bits per heavy atom. The number of hydrogen-bond acceptors (Lipinski definition) is 7. The van der Waals surface area contributed by atoms with E-state index in [4.69, 9.17) is 4.74 Å². The van der Waals surface area contributed by atoms with Gasteiger partial charge in [-0.3, -0.25) is 19.3 Å². The lowest BCUT2D eigenvalue weighted by molar-refractivity contribution is -0.128. The number of aromatic nitrogens is 3. The molecule has 10 heteroatoms. The van der Waals surface area contributed by atoms with Gasteiger partial charge in [0.25, 0.3) is 0 Å². The van der Waals surface area contributed by atoms with Crippen LogP contribution >= 0.6 is 0 Å². The maximum absolute atomic E-state index is 14.1. The summed E-state index contributed by atoms with van der Waals surface area (Å²) in [6.45, 7) is 6.73. The second kappa shape index (κ2) is 11.5. The molecule has 0 fully saturated rings. The van der Waals surface area contributed by atoms with Crippen molar-refractivity contribution < 1.29 is 23.9 Å². The number of amides is 2. The molecule has 0 bridgehead atoms. The van der Waals surface area contributed by atoms with Crippen LogP contribution in [0.25, 0.3) is 11.0 Å². The number of rotatable bonds is 8. The quantitative estimate of drug-likeness (QED) is 0.263. The topological polar surface area (TPSA) is 123 Å². The molecule has 3 aromatic carbocycles. The summed E-state index contributed by atoms with van der Waals surface area (Å²) in [6.07, 6.45) is 0. The molecule has 1 N–H and O–H groups in total. The van der Waals surface area contributed by atoms with E-state index < -0.39 is 29.4 Å². The number of carbonyl (C=O) groups excluding carboxylic acids is 4. The van der Waals surface area contributed by atoms with Crippen LogP contribution in [0.2, 0.25) is 0 Å².